The van der Waals surface area contributed by atoms with Gasteiger partial charge in [-0.2, -0.15) is 0 Å². The summed E-state index contributed by atoms with van der Waals surface area (Å²) >= 11 is 1.43. The van der Waals surface area contributed by atoms with Crippen LogP contribution in [0.2, 0.25) is 0 Å². The van der Waals surface area contributed by atoms with Crippen molar-refractivity contribution in [3.63, 3.8) is 0 Å². The van der Waals surface area contributed by atoms with E-state index in [1.807, 2.05) is 70.7 Å². The van der Waals surface area contributed by atoms with Gasteiger partial charge >= 0.3 is 0 Å². The third kappa shape index (κ3) is 2.81. The molecule has 0 spiro atoms. The van der Waals surface area contributed by atoms with E-state index in [1.54, 1.807) is 0 Å². The molecular formula is C19H15N3OS. The van der Waals surface area contributed by atoms with Crippen LogP contribution < -0.4 is 5.32 Å². The van der Waals surface area contributed by atoms with Crippen molar-refractivity contribution in [2.24, 2.45) is 0 Å². The summed E-state index contributed by atoms with van der Waals surface area (Å²) in [6.07, 6.45) is 4.05. The molecule has 0 aliphatic carbocycles. The minimum absolute atomic E-state index is 0.0900. The molecular weight excluding hydrogens is 318 g/mol. The Kier molecular flexibility index (Phi) is 3.63. The molecule has 1 amide bonds. The zero-order chi connectivity index (χ0) is 16.5. The number of amides is 1. The Morgan fingerprint density at radius 1 is 1.12 bits per heavy atom. The normalized spacial score (nSPS) is 10.9. The summed E-state index contributed by atoms with van der Waals surface area (Å²) < 4.78 is 2.02. The lowest BCUT2D eigenvalue weighted by molar-refractivity contribution is 0.103. The number of imidazole rings is 1. The second kappa shape index (κ2) is 5.94. The molecule has 4 rings (SSSR count). The van der Waals surface area contributed by atoms with Gasteiger partial charge in [0.1, 0.15) is 5.65 Å². The molecule has 0 aliphatic heterocycles. The molecule has 0 atom stereocenters. The lowest BCUT2D eigenvalue weighted by atomic mass is 10.1. The van der Waals surface area contributed by atoms with Gasteiger partial charge in [-0.05, 0) is 42.1 Å². The number of aromatic nitrogens is 2. The molecule has 3 aromatic heterocycles. The van der Waals surface area contributed by atoms with Gasteiger partial charge in [0.15, 0.2) is 0 Å². The van der Waals surface area contributed by atoms with Crippen molar-refractivity contribution in [3.8, 4) is 11.3 Å². The van der Waals surface area contributed by atoms with Crippen LogP contribution in [0.3, 0.4) is 0 Å². The quantitative estimate of drug-likeness (QED) is 0.594. The molecule has 0 aliphatic rings. The zero-order valence-corrected chi connectivity index (χ0v) is 13.9. The number of carbonyl (C=O) groups is 1. The molecule has 118 valence electrons. The van der Waals surface area contributed by atoms with E-state index in [-0.39, 0.29) is 5.91 Å². The van der Waals surface area contributed by atoms with Crippen molar-refractivity contribution in [1.82, 2.24) is 9.38 Å². The molecule has 4 aromatic rings. The summed E-state index contributed by atoms with van der Waals surface area (Å²) in [5.41, 5.74) is 4.71. The molecule has 5 heteroatoms. The SMILES string of the molecule is Cc1ccc2nc(-c3cccc(NC(=O)c4cccs4)c3)cn2c1. The van der Waals surface area contributed by atoms with Crippen molar-refractivity contribution in [2.45, 2.75) is 6.92 Å². The molecule has 0 bridgehead atoms. The second-order valence-corrected chi connectivity index (χ2v) is 6.56. The Labute approximate surface area is 143 Å². The highest BCUT2D eigenvalue weighted by Crippen LogP contribution is 2.23. The van der Waals surface area contributed by atoms with Gasteiger partial charge < -0.3 is 9.72 Å². The summed E-state index contributed by atoms with van der Waals surface area (Å²) in [5.74, 6) is -0.0900. The fraction of sp³-hybridized carbons (Fsp3) is 0.0526. The standard InChI is InChI=1S/C19H15N3OS/c1-13-7-8-18-21-16(12-22(18)11-13)14-4-2-5-15(10-14)20-19(23)17-6-3-9-24-17/h2-12H,1H3,(H,20,23). The van der Waals surface area contributed by atoms with E-state index >= 15 is 0 Å². The summed E-state index contributed by atoms with van der Waals surface area (Å²) in [6.45, 7) is 2.06. The molecule has 1 N–H and O–H groups in total. The number of nitrogens with zero attached hydrogens (tertiary/aromatic N) is 2. The monoisotopic (exact) mass is 333 g/mol. The maximum atomic E-state index is 12.2. The highest BCUT2D eigenvalue weighted by Gasteiger charge is 2.09. The second-order valence-electron chi connectivity index (χ2n) is 5.61. The van der Waals surface area contributed by atoms with Gasteiger partial charge in [-0.15, -0.1) is 11.3 Å². The fourth-order valence-corrected chi connectivity index (χ4v) is 3.22. The molecule has 24 heavy (non-hydrogen) atoms. The number of carbonyl (C=O) groups excluding carboxylic acids is 1. The molecule has 0 fully saturated rings. The third-order valence-electron chi connectivity index (χ3n) is 3.76. The Morgan fingerprint density at radius 3 is 2.88 bits per heavy atom. The number of pyridine rings is 1. The predicted octanol–water partition coefficient (Wildman–Crippen LogP) is 4.62. The van der Waals surface area contributed by atoms with Crippen LogP contribution in [0.4, 0.5) is 5.69 Å². The summed E-state index contributed by atoms with van der Waals surface area (Å²) in [5, 5.41) is 4.83. The van der Waals surface area contributed by atoms with Gasteiger partial charge in [0.05, 0.1) is 10.6 Å². The van der Waals surface area contributed by atoms with Crippen LogP contribution in [0.25, 0.3) is 16.9 Å². The Bertz CT molecular complexity index is 1020. The van der Waals surface area contributed by atoms with Gasteiger partial charge in [-0.3, -0.25) is 4.79 Å². The van der Waals surface area contributed by atoms with Crippen molar-refractivity contribution < 1.29 is 4.79 Å². The minimum atomic E-state index is -0.0900. The number of thiophene rings is 1. The van der Waals surface area contributed by atoms with Gasteiger partial charge in [-0.25, -0.2) is 4.98 Å². The lowest BCUT2D eigenvalue weighted by Gasteiger charge is -2.05. The van der Waals surface area contributed by atoms with Gasteiger partial charge in [0.2, 0.25) is 0 Å². The number of aryl methyl sites for hydroxylation is 1. The fourth-order valence-electron chi connectivity index (χ4n) is 2.60. The number of benzene rings is 1. The number of nitrogens with one attached hydrogen (secondary N) is 1. The van der Waals surface area contributed by atoms with E-state index in [0.717, 1.165) is 22.6 Å². The Morgan fingerprint density at radius 2 is 2.04 bits per heavy atom. The van der Waals surface area contributed by atoms with E-state index in [9.17, 15) is 4.79 Å². The van der Waals surface area contributed by atoms with E-state index in [0.29, 0.717) is 4.88 Å². The molecule has 0 radical (unpaired) electrons. The highest BCUT2D eigenvalue weighted by molar-refractivity contribution is 7.12. The molecule has 1 aromatic carbocycles. The molecule has 0 saturated heterocycles. The van der Waals surface area contributed by atoms with Crippen LogP contribution in [0, 0.1) is 6.92 Å². The highest BCUT2D eigenvalue weighted by atomic mass is 32.1. The van der Waals surface area contributed by atoms with E-state index in [2.05, 4.69) is 17.2 Å². The Balaban J connectivity index is 1.65. The van der Waals surface area contributed by atoms with E-state index in [4.69, 9.17) is 0 Å². The van der Waals surface area contributed by atoms with Gasteiger partial charge in [-0.1, -0.05) is 24.3 Å². The first-order chi connectivity index (χ1) is 11.7. The van der Waals surface area contributed by atoms with E-state index in [1.165, 1.54) is 16.9 Å². The number of fused-ring (bicyclic) bond motifs is 1. The van der Waals surface area contributed by atoms with E-state index < -0.39 is 0 Å². The molecule has 4 nitrogen and oxygen atoms in total. The largest absolute Gasteiger partial charge is 0.321 e. The molecule has 0 saturated carbocycles. The summed E-state index contributed by atoms with van der Waals surface area (Å²) in [4.78, 5) is 17.5. The minimum Gasteiger partial charge on any atom is -0.321 e. The van der Waals surface area contributed by atoms with Crippen LogP contribution in [0.1, 0.15) is 15.2 Å². The lowest BCUT2D eigenvalue weighted by Crippen LogP contribution is -2.09. The maximum absolute atomic E-state index is 12.2. The summed E-state index contributed by atoms with van der Waals surface area (Å²) in [6, 6.07) is 15.5. The van der Waals surface area contributed by atoms with Gasteiger partial charge in [0.25, 0.3) is 5.91 Å². The average Bonchev–Trinajstić information content (AvgIpc) is 3.24. The van der Waals surface area contributed by atoms with Crippen molar-refractivity contribution in [3.05, 3.63) is 76.7 Å². The topological polar surface area (TPSA) is 46.4 Å². The molecule has 3 heterocycles. The Hall–Kier alpha value is -2.92. The summed E-state index contributed by atoms with van der Waals surface area (Å²) in [7, 11) is 0. The first kappa shape index (κ1) is 14.7. The number of anilines is 1. The van der Waals surface area contributed by atoms with Crippen molar-refractivity contribution in [2.75, 3.05) is 5.32 Å². The van der Waals surface area contributed by atoms with Gasteiger partial charge in [0, 0.05) is 23.6 Å². The smallest absolute Gasteiger partial charge is 0.265 e. The van der Waals surface area contributed by atoms with Crippen molar-refractivity contribution in [1.29, 1.82) is 0 Å². The third-order valence-corrected chi connectivity index (χ3v) is 4.63. The van der Waals surface area contributed by atoms with Crippen LogP contribution in [0.5, 0.6) is 0 Å². The first-order valence-electron chi connectivity index (χ1n) is 7.60. The van der Waals surface area contributed by atoms with Crippen LogP contribution in [-0.2, 0) is 0 Å². The number of hydrogen-bond donors (Lipinski definition) is 1. The van der Waals surface area contributed by atoms with Crippen LogP contribution in [-0.4, -0.2) is 15.3 Å². The van der Waals surface area contributed by atoms with Crippen molar-refractivity contribution >= 4 is 28.6 Å². The average molecular weight is 333 g/mol. The molecule has 0 unspecified atom stereocenters. The number of rotatable bonds is 3. The maximum Gasteiger partial charge on any atom is 0.265 e. The zero-order valence-electron chi connectivity index (χ0n) is 13.1. The van der Waals surface area contributed by atoms with Crippen LogP contribution in [0.15, 0.2) is 66.3 Å². The number of hydrogen-bond acceptors (Lipinski definition) is 3. The first-order valence-corrected chi connectivity index (χ1v) is 8.48. The predicted molar refractivity (Wildman–Crippen MR) is 97.6 cm³/mol. The van der Waals surface area contributed by atoms with Crippen LogP contribution >= 0.6 is 11.3 Å².